The van der Waals surface area contributed by atoms with Crippen molar-refractivity contribution in [1.29, 1.82) is 0 Å². The van der Waals surface area contributed by atoms with Crippen LogP contribution in [0.15, 0.2) is 6.20 Å². The molecule has 0 aliphatic heterocycles. The van der Waals surface area contributed by atoms with Crippen LogP contribution in [0.5, 0.6) is 0 Å². The molecule has 0 radical (unpaired) electrons. The fourth-order valence-corrected chi connectivity index (χ4v) is 1.56. The molecule has 0 aliphatic carbocycles. The highest BCUT2D eigenvalue weighted by Gasteiger charge is 2.22. The van der Waals surface area contributed by atoms with Crippen LogP contribution < -0.4 is 0 Å². The zero-order chi connectivity index (χ0) is 11.9. The molecule has 0 amide bonds. The maximum atomic E-state index is 4.60. The van der Waals surface area contributed by atoms with Gasteiger partial charge in [0.1, 0.15) is 5.82 Å². The van der Waals surface area contributed by atoms with Crippen LogP contribution in [-0.4, -0.2) is 9.97 Å². The Bertz CT molecular complexity index is 354. The molecule has 84 valence electrons. The second-order valence-corrected chi connectivity index (χ2v) is 6.19. The Morgan fingerprint density at radius 2 is 1.47 bits per heavy atom. The molecule has 1 aromatic heterocycles. The van der Waals surface area contributed by atoms with E-state index in [9.17, 15) is 0 Å². The van der Waals surface area contributed by atoms with Gasteiger partial charge in [0.2, 0.25) is 0 Å². The van der Waals surface area contributed by atoms with Crippen molar-refractivity contribution >= 4 is 0 Å². The molecule has 0 N–H and O–H groups in total. The number of rotatable bonds is 0. The zero-order valence-corrected chi connectivity index (χ0v) is 11.0. The number of hydrogen-bond acceptors (Lipinski definition) is 2. The van der Waals surface area contributed by atoms with E-state index < -0.39 is 0 Å². The lowest BCUT2D eigenvalue weighted by Crippen LogP contribution is -2.20. The van der Waals surface area contributed by atoms with Crippen LogP contribution in [0.4, 0.5) is 0 Å². The summed E-state index contributed by atoms with van der Waals surface area (Å²) in [4.78, 5) is 9.07. The topological polar surface area (TPSA) is 25.8 Å². The van der Waals surface area contributed by atoms with Crippen molar-refractivity contribution in [3.05, 3.63) is 23.3 Å². The molecule has 2 nitrogen and oxygen atoms in total. The fraction of sp³-hybridized carbons (Fsp3) is 0.692. The van der Waals surface area contributed by atoms with Gasteiger partial charge in [-0.05, 0) is 17.9 Å². The summed E-state index contributed by atoms with van der Waals surface area (Å²) >= 11 is 0. The van der Waals surface area contributed by atoms with Gasteiger partial charge in [0, 0.05) is 17.3 Å². The van der Waals surface area contributed by atoms with Crippen molar-refractivity contribution in [3.8, 4) is 0 Å². The highest BCUT2D eigenvalue weighted by Crippen LogP contribution is 2.26. The summed E-state index contributed by atoms with van der Waals surface area (Å²) in [6, 6.07) is 0. The maximum Gasteiger partial charge on any atom is 0.133 e. The Hall–Kier alpha value is -0.920. The van der Waals surface area contributed by atoms with E-state index >= 15 is 0 Å². The molecule has 0 aromatic carbocycles. The molecule has 2 heteroatoms. The van der Waals surface area contributed by atoms with Crippen molar-refractivity contribution in [2.24, 2.45) is 0 Å². The second-order valence-electron chi connectivity index (χ2n) is 6.19. The van der Waals surface area contributed by atoms with E-state index in [0.29, 0.717) is 0 Å². The summed E-state index contributed by atoms with van der Waals surface area (Å²) in [6.45, 7) is 15.0. The maximum absolute atomic E-state index is 4.60. The third-order valence-electron chi connectivity index (χ3n) is 2.46. The summed E-state index contributed by atoms with van der Waals surface area (Å²) in [5.74, 6) is 0.924. The Morgan fingerprint density at radius 3 is 1.80 bits per heavy atom. The van der Waals surface area contributed by atoms with Crippen LogP contribution in [0, 0.1) is 6.92 Å². The van der Waals surface area contributed by atoms with Gasteiger partial charge in [-0.2, -0.15) is 0 Å². The normalized spacial score (nSPS) is 13.0. The average molecular weight is 206 g/mol. The Morgan fingerprint density at radius 1 is 0.933 bits per heavy atom. The lowest BCUT2D eigenvalue weighted by molar-refractivity contribution is 0.527. The summed E-state index contributed by atoms with van der Waals surface area (Å²) in [5, 5.41) is 0. The monoisotopic (exact) mass is 206 g/mol. The first kappa shape index (κ1) is 12.2. The van der Waals surface area contributed by atoms with Crippen molar-refractivity contribution in [2.45, 2.75) is 59.3 Å². The van der Waals surface area contributed by atoms with Gasteiger partial charge in [-0.25, -0.2) is 9.97 Å². The van der Waals surface area contributed by atoms with Crippen LogP contribution >= 0.6 is 0 Å². The van der Waals surface area contributed by atoms with Gasteiger partial charge in [-0.3, -0.25) is 0 Å². The largest absolute Gasteiger partial charge is 0.240 e. The summed E-state index contributed by atoms with van der Waals surface area (Å²) in [7, 11) is 0. The minimum Gasteiger partial charge on any atom is -0.240 e. The molecule has 1 heterocycles. The van der Waals surface area contributed by atoms with Gasteiger partial charge >= 0.3 is 0 Å². The smallest absolute Gasteiger partial charge is 0.133 e. The first-order valence-electron chi connectivity index (χ1n) is 5.47. The van der Waals surface area contributed by atoms with Gasteiger partial charge < -0.3 is 0 Å². The van der Waals surface area contributed by atoms with Crippen LogP contribution in [0.2, 0.25) is 0 Å². The van der Waals surface area contributed by atoms with E-state index in [4.69, 9.17) is 0 Å². The molecule has 0 aliphatic rings. The number of aromatic nitrogens is 2. The molecule has 0 bridgehead atoms. The molecule has 0 atom stereocenters. The number of aryl methyl sites for hydroxylation is 1. The quantitative estimate of drug-likeness (QED) is 0.650. The molecule has 0 spiro atoms. The van der Waals surface area contributed by atoms with Crippen LogP contribution in [-0.2, 0) is 10.8 Å². The first-order chi connectivity index (χ1) is 6.62. The highest BCUT2D eigenvalue weighted by atomic mass is 14.9. The second kappa shape index (κ2) is 3.58. The lowest BCUT2D eigenvalue weighted by Gasteiger charge is -2.23. The minimum absolute atomic E-state index is 0.0289. The third kappa shape index (κ3) is 2.77. The number of nitrogens with zero attached hydrogens (tertiary/aromatic N) is 2. The molecule has 1 rings (SSSR count). The van der Waals surface area contributed by atoms with Gasteiger partial charge in [-0.15, -0.1) is 0 Å². The SMILES string of the molecule is Cc1nc(C(C)(C)C)ncc1C(C)(C)C. The molecule has 0 saturated carbocycles. The molecule has 15 heavy (non-hydrogen) atoms. The van der Waals surface area contributed by atoms with E-state index in [1.807, 2.05) is 6.20 Å². The van der Waals surface area contributed by atoms with Gasteiger partial charge in [-0.1, -0.05) is 41.5 Å². The summed E-state index contributed by atoms with van der Waals surface area (Å²) in [5.41, 5.74) is 2.49. The highest BCUT2D eigenvalue weighted by molar-refractivity contribution is 5.25. The molecule has 0 fully saturated rings. The molecule has 1 aromatic rings. The van der Waals surface area contributed by atoms with Crippen molar-refractivity contribution in [2.75, 3.05) is 0 Å². The summed E-state index contributed by atoms with van der Waals surface area (Å²) < 4.78 is 0. The van der Waals surface area contributed by atoms with E-state index in [2.05, 4.69) is 58.4 Å². The van der Waals surface area contributed by atoms with Gasteiger partial charge in [0.25, 0.3) is 0 Å². The standard InChI is InChI=1S/C13H22N2/c1-9-10(12(2,3)4)8-14-11(15-9)13(5,6)7/h8H,1-7H3. The van der Waals surface area contributed by atoms with E-state index in [1.54, 1.807) is 0 Å². The van der Waals surface area contributed by atoms with E-state index in [0.717, 1.165) is 11.5 Å². The van der Waals surface area contributed by atoms with Crippen LogP contribution in [0.25, 0.3) is 0 Å². The average Bonchev–Trinajstić information content (AvgIpc) is 1.99. The Kier molecular flexibility index (Phi) is 2.90. The van der Waals surface area contributed by atoms with Gasteiger partial charge in [0.15, 0.2) is 0 Å². The van der Waals surface area contributed by atoms with Crippen molar-refractivity contribution < 1.29 is 0 Å². The molecular weight excluding hydrogens is 184 g/mol. The Balaban J connectivity index is 3.21. The zero-order valence-electron chi connectivity index (χ0n) is 11.0. The molecular formula is C13H22N2. The predicted octanol–water partition coefficient (Wildman–Crippen LogP) is 3.38. The third-order valence-corrected chi connectivity index (χ3v) is 2.46. The fourth-order valence-electron chi connectivity index (χ4n) is 1.56. The lowest BCUT2D eigenvalue weighted by atomic mass is 9.86. The van der Waals surface area contributed by atoms with Crippen molar-refractivity contribution in [1.82, 2.24) is 9.97 Å². The molecule has 0 saturated heterocycles. The predicted molar refractivity (Wildman–Crippen MR) is 64.2 cm³/mol. The van der Waals surface area contributed by atoms with Gasteiger partial charge in [0.05, 0.1) is 0 Å². The molecule has 0 unspecified atom stereocenters. The number of hydrogen-bond donors (Lipinski definition) is 0. The van der Waals surface area contributed by atoms with E-state index in [-0.39, 0.29) is 10.8 Å². The summed E-state index contributed by atoms with van der Waals surface area (Å²) in [6.07, 6.45) is 1.98. The van der Waals surface area contributed by atoms with Crippen LogP contribution in [0.3, 0.4) is 0 Å². The minimum atomic E-state index is 0.0289. The Labute approximate surface area is 93.2 Å². The first-order valence-corrected chi connectivity index (χ1v) is 5.47. The van der Waals surface area contributed by atoms with Crippen molar-refractivity contribution in [3.63, 3.8) is 0 Å². The van der Waals surface area contributed by atoms with E-state index in [1.165, 1.54) is 5.56 Å². The van der Waals surface area contributed by atoms with Crippen LogP contribution in [0.1, 0.15) is 58.6 Å².